The number of aromatic nitrogens is 1. The van der Waals surface area contributed by atoms with E-state index >= 15 is 0 Å². The van der Waals surface area contributed by atoms with E-state index in [9.17, 15) is 4.79 Å². The molecule has 1 aliphatic heterocycles. The van der Waals surface area contributed by atoms with E-state index in [-0.39, 0.29) is 5.54 Å². The first-order chi connectivity index (χ1) is 8.04. The average Bonchev–Trinajstić information content (AvgIpc) is 2.32. The number of anilines is 1. The molecule has 0 atom stereocenters. The highest BCUT2D eigenvalue weighted by molar-refractivity contribution is 5.82. The van der Waals surface area contributed by atoms with Gasteiger partial charge in [0.25, 0.3) is 0 Å². The number of nitrogens with zero attached hydrogens (tertiary/aromatic N) is 3. The van der Waals surface area contributed by atoms with Crippen LogP contribution in [0.5, 0.6) is 0 Å². The molecule has 0 aromatic carbocycles. The first-order valence-electron chi connectivity index (χ1n) is 5.91. The number of pyridine rings is 1. The molecule has 0 radical (unpaired) electrons. The molecular weight excluding hydrogens is 214 g/mol. The number of carbonyl (C=O) groups is 1. The van der Waals surface area contributed by atoms with Gasteiger partial charge in [0.15, 0.2) is 6.29 Å². The van der Waals surface area contributed by atoms with E-state index in [4.69, 9.17) is 0 Å². The quantitative estimate of drug-likeness (QED) is 0.724. The minimum Gasteiger partial charge on any atom is -0.353 e. The van der Waals surface area contributed by atoms with Gasteiger partial charge in [0.2, 0.25) is 0 Å². The van der Waals surface area contributed by atoms with Crippen molar-refractivity contribution in [3.63, 3.8) is 0 Å². The molecular formula is C13H19N3O. The molecule has 1 fully saturated rings. The Morgan fingerprint density at radius 1 is 1.41 bits per heavy atom. The maximum Gasteiger partial charge on any atom is 0.153 e. The fraction of sp³-hybridized carbons (Fsp3) is 0.538. The summed E-state index contributed by atoms with van der Waals surface area (Å²) in [5.74, 6) is 0.809. The van der Waals surface area contributed by atoms with Crippen molar-refractivity contribution in [3.05, 3.63) is 23.9 Å². The molecule has 0 aliphatic carbocycles. The second kappa shape index (κ2) is 4.45. The summed E-state index contributed by atoms with van der Waals surface area (Å²) in [5.41, 5.74) is 0.781. The van der Waals surface area contributed by atoms with Crippen LogP contribution in [0, 0.1) is 0 Å². The molecule has 2 rings (SSSR count). The van der Waals surface area contributed by atoms with Crippen LogP contribution >= 0.6 is 0 Å². The van der Waals surface area contributed by atoms with Crippen molar-refractivity contribution >= 4 is 12.1 Å². The Labute approximate surface area is 102 Å². The minimum atomic E-state index is 0.107. The minimum absolute atomic E-state index is 0.107. The van der Waals surface area contributed by atoms with Crippen molar-refractivity contribution in [2.45, 2.75) is 19.4 Å². The number of piperazine rings is 1. The zero-order chi connectivity index (χ0) is 12.5. The van der Waals surface area contributed by atoms with Crippen LogP contribution in [0.15, 0.2) is 18.3 Å². The Morgan fingerprint density at radius 2 is 2.18 bits per heavy atom. The van der Waals surface area contributed by atoms with Crippen LogP contribution in [0.3, 0.4) is 0 Å². The van der Waals surface area contributed by atoms with Gasteiger partial charge in [0.05, 0.1) is 5.56 Å². The van der Waals surface area contributed by atoms with Crippen molar-refractivity contribution in [2.24, 2.45) is 0 Å². The predicted octanol–water partition coefficient (Wildman–Crippen LogP) is 1.42. The first-order valence-corrected chi connectivity index (χ1v) is 5.91. The Balaban J connectivity index is 2.26. The van der Waals surface area contributed by atoms with Crippen molar-refractivity contribution in [2.75, 3.05) is 31.6 Å². The lowest BCUT2D eigenvalue weighted by Gasteiger charge is -2.46. The molecule has 1 aromatic heterocycles. The summed E-state index contributed by atoms with van der Waals surface area (Å²) in [5, 5.41) is 0. The summed E-state index contributed by atoms with van der Waals surface area (Å²) >= 11 is 0. The van der Waals surface area contributed by atoms with Crippen LogP contribution in [-0.4, -0.2) is 48.4 Å². The number of likely N-dealkylation sites (N-methyl/N-ethyl adjacent to an activating group) is 1. The number of hydrogen-bond donors (Lipinski definition) is 0. The number of carbonyl (C=O) groups excluding carboxylic acids is 1. The van der Waals surface area contributed by atoms with E-state index in [0.29, 0.717) is 5.56 Å². The third-order valence-corrected chi connectivity index (χ3v) is 3.56. The smallest absolute Gasteiger partial charge is 0.153 e. The van der Waals surface area contributed by atoms with Crippen molar-refractivity contribution < 1.29 is 4.79 Å². The highest BCUT2D eigenvalue weighted by Gasteiger charge is 2.32. The first kappa shape index (κ1) is 12.0. The SMILES string of the molecule is CN1CCN(c2ncccc2C=O)CC1(C)C. The van der Waals surface area contributed by atoms with E-state index in [1.54, 1.807) is 12.3 Å². The van der Waals surface area contributed by atoms with Gasteiger partial charge in [-0.2, -0.15) is 0 Å². The molecule has 1 aliphatic rings. The van der Waals surface area contributed by atoms with Gasteiger partial charge in [0.1, 0.15) is 5.82 Å². The maximum atomic E-state index is 11.0. The van der Waals surface area contributed by atoms with E-state index in [2.05, 4.69) is 35.7 Å². The summed E-state index contributed by atoms with van der Waals surface area (Å²) in [6, 6.07) is 3.62. The van der Waals surface area contributed by atoms with Gasteiger partial charge >= 0.3 is 0 Å². The van der Waals surface area contributed by atoms with E-state index in [0.717, 1.165) is 31.7 Å². The van der Waals surface area contributed by atoms with Crippen molar-refractivity contribution in [1.29, 1.82) is 0 Å². The van der Waals surface area contributed by atoms with Crippen LogP contribution in [0.2, 0.25) is 0 Å². The van der Waals surface area contributed by atoms with Gasteiger partial charge in [-0.05, 0) is 33.0 Å². The molecule has 4 nitrogen and oxygen atoms in total. The van der Waals surface area contributed by atoms with Gasteiger partial charge in [-0.25, -0.2) is 4.98 Å². The van der Waals surface area contributed by atoms with Crippen molar-refractivity contribution in [1.82, 2.24) is 9.88 Å². The van der Waals surface area contributed by atoms with Gasteiger partial charge in [-0.3, -0.25) is 9.69 Å². The third-order valence-electron chi connectivity index (χ3n) is 3.56. The normalized spacial score (nSPS) is 20.3. The van der Waals surface area contributed by atoms with Crippen LogP contribution in [0.1, 0.15) is 24.2 Å². The lowest BCUT2D eigenvalue weighted by molar-refractivity contribution is 0.112. The molecule has 2 heterocycles. The largest absolute Gasteiger partial charge is 0.353 e. The van der Waals surface area contributed by atoms with Crippen LogP contribution in [0.4, 0.5) is 5.82 Å². The predicted molar refractivity (Wildman–Crippen MR) is 68.5 cm³/mol. The van der Waals surface area contributed by atoms with Gasteiger partial charge in [0, 0.05) is 31.4 Å². The molecule has 0 bridgehead atoms. The summed E-state index contributed by atoms with van der Waals surface area (Å²) in [6.45, 7) is 7.21. The lowest BCUT2D eigenvalue weighted by Crippen LogP contribution is -2.58. The maximum absolute atomic E-state index is 11.0. The molecule has 0 spiro atoms. The molecule has 0 amide bonds. The van der Waals surface area contributed by atoms with Gasteiger partial charge in [-0.15, -0.1) is 0 Å². The fourth-order valence-corrected chi connectivity index (χ4v) is 2.19. The topological polar surface area (TPSA) is 36.4 Å². The molecule has 4 heteroatoms. The summed E-state index contributed by atoms with van der Waals surface area (Å²) < 4.78 is 0. The van der Waals surface area contributed by atoms with Crippen LogP contribution < -0.4 is 4.90 Å². The number of rotatable bonds is 2. The van der Waals surface area contributed by atoms with Gasteiger partial charge in [-0.1, -0.05) is 0 Å². The van der Waals surface area contributed by atoms with Crippen LogP contribution in [-0.2, 0) is 0 Å². The second-order valence-corrected chi connectivity index (χ2v) is 5.19. The van der Waals surface area contributed by atoms with Crippen LogP contribution in [0.25, 0.3) is 0 Å². The van der Waals surface area contributed by atoms with E-state index in [1.165, 1.54) is 0 Å². The number of aldehydes is 1. The molecule has 1 aromatic rings. The Bertz CT molecular complexity index is 417. The van der Waals surface area contributed by atoms with E-state index in [1.807, 2.05) is 6.07 Å². The molecule has 0 saturated carbocycles. The second-order valence-electron chi connectivity index (χ2n) is 5.19. The Kier molecular flexibility index (Phi) is 3.15. The van der Waals surface area contributed by atoms with E-state index < -0.39 is 0 Å². The summed E-state index contributed by atoms with van der Waals surface area (Å²) in [4.78, 5) is 19.9. The number of hydrogen-bond acceptors (Lipinski definition) is 4. The molecule has 1 saturated heterocycles. The lowest BCUT2D eigenvalue weighted by atomic mass is 9.99. The highest BCUT2D eigenvalue weighted by Crippen LogP contribution is 2.24. The summed E-state index contributed by atoms with van der Waals surface area (Å²) in [6.07, 6.45) is 2.63. The fourth-order valence-electron chi connectivity index (χ4n) is 2.19. The summed E-state index contributed by atoms with van der Waals surface area (Å²) in [7, 11) is 2.14. The monoisotopic (exact) mass is 233 g/mol. The molecule has 0 N–H and O–H groups in total. The molecule has 0 unspecified atom stereocenters. The third kappa shape index (κ3) is 2.31. The Hall–Kier alpha value is -1.42. The highest BCUT2D eigenvalue weighted by atomic mass is 16.1. The van der Waals surface area contributed by atoms with Gasteiger partial charge < -0.3 is 4.90 Å². The Morgan fingerprint density at radius 3 is 2.82 bits per heavy atom. The zero-order valence-corrected chi connectivity index (χ0v) is 10.7. The van der Waals surface area contributed by atoms with Crippen molar-refractivity contribution in [3.8, 4) is 0 Å². The standard InChI is InChI=1S/C13H19N3O/c1-13(2)10-16(8-7-15(13)3)12-11(9-17)5-4-6-14-12/h4-6,9H,7-8,10H2,1-3H3. The average molecular weight is 233 g/mol. The zero-order valence-electron chi connectivity index (χ0n) is 10.7. The molecule has 17 heavy (non-hydrogen) atoms. The molecule has 92 valence electrons.